The Balaban J connectivity index is 1.48. The molecule has 0 spiro atoms. The highest BCUT2D eigenvalue weighted by atomic mass is 32.1. The van der Waals surface area contributed by atoms with Gasteiger partial charge in [-0.2, -0.15) is 4.37 Å². The molecule has 2 aromatic rings. The fraction of sp³-hybridized carbons (Fsp3) is 0.467. The van der Waals surface area contributed by atoms with Gasteiger partial charge in [0.1, 0.15) is 5.82 Å². The van der Waals surface area contributed by atoms with E-state index in [-0.39, 0.29) is 5.91 Å². The van der Waals surface area contributed by atoms with E-state index in [0.29, 0.717) is 18.0 Å². The van der Waals surface area contributed by atoms with E-state index in [1.54, 1.807) is 6.20 Å². The number of amides is 1. The number of aromatic nitrogens is 3. The van der Waals surface area contributed by atoms with Crippen molar-refractivity contribution in [1.29, 1.82) is 0 Å². The number of nitrogens with zero attached hydrogens (tertiary/aromatic N) is 3. The molecule has 3 rings (SSSR count). The number of aryl methyl sites for hydroxylation is 2. The van der Waals surface area contributed by atoms with Crippen LogP contribution in [0.25, 0.3) is 0 Å². The molecule has 110 valence electrons. The number of hydrogen-bond donors (Lipinski definition) is 1. The molecule has 0 unspecified atom stereocenters. The fourth-order valence-corrected chi connectivity index (χ4v) is 2.77. The van der Waals surface area contributed by atoms with Gasteiger partial charge in [-0.05, 0) is 43.2 Å². The van der Waals surface area contributed by atoms with Crippen molar-refractivity contribution >= 4 is 22.6 Å². The van der Waals surface area contributed by atoms with E-state index in [4.69, 9.17) is 0 Å². The fourth-order valence-electron chi connectivity index (χ4n) is 2.16. The molecular formula is C15H18N4OS. The summed E-state index contributed by atoms with van der Waals surface area (Å²) in [7, 11) is 0. The first-order valence-electron chi connectivity index (χ1n) is 7.22. The van der Waals surface area contributed by atoms with Crippen LogP contribution < -0.4 is 5.32 Å². The summed E-state index contributed by atoms with van der Waals surface area (Å²) < 4.78 is 4.29. The van der Waals surface area contributed by atoms with Gasteiger partial charge in [0.15, 0.2) is 0 Å². The average Bonchev–Trinajstić information content (AvgIpc) is 3.16. The molecule has 1 amide bonds. The number of anilines is 1. The van der Waals surface area contributed by atoms with Crippen LogP contribution in [-0.2, 0) is 17.6 Å². The van der Waals surface area contributed by atoms with Crippen molar-refractivity contribution < 1.29 is 4.79 Å². The van der Waals surface area contributed by atoms with Crippen LogP contribution >= 0.6 is 11.5 Å². The Bertz CT molecular complexity index is 636. The van der Waals surface area contributed by atoms with Crippen molar-refractivity contribution in [1.82, 2.24) is 14.3 Å². The molecule has 0 aliphatic heterocycles. The van der Waals surface area contributed by atoms with Crippen molar-refractivity contribution in [3.63, 3.8) is 0 Å². The van der Waals surface area contributed by atoms with Crippen LogP contribution in [0.15, 0.2) is 18.5 Å². The van der Waals surface area contributed by atoms with E-state index in [1.807, 2.05) is 13.1 Å². The topological polar surface area (TPSA) is 67.8 Å². The van der Waals surface area contributed by atoms with Gasteiger partial charge in [-0.15, -0.1) is 0 Å². The van der Waals surface area contributed by atoms with Crippen LogP contribution in [0.3, 0.4) is 0 Å². The first-order chi connectivity index (χ1) is 10.2. The standard InChI is InChI=1S/C15H18N4OS/c1-10-6-12(9-16-8-10)4-5-14(20)18-15-17-13(19-21-15)7-11-2-3-11/h6,8-9,11H,2-5,7H2,1H3,(H,17,18,19,20). The maximum Gasteiger partial charge on any atom is 0.226 e. The van der Waals surface area contributed by atoms with Crippen LogP contribution in [-0.4, -0.2) is 20.2 Å². The van der Waals surface area contributed by atoms with E-state index < -0.39 is 0 Å². The van der Waals surface area contributed by atoms with Crippen LogP contribution in [0.5, 0.6) is 0 Å². The molecular weight excluding hydrogens is 284 g/mol. The van der Waals surface area contributed by atoms with E-state index >= 15 is 0 Å². The third kappa shape index (κ3) is 4.32. The lowest BCUT2D eigenvalue weighted by Crippen LogP contribution is -2.12. The predicted octanol–water partition coefficient (Wildman–Crippen LogP) is 2.77. The van der Waals surface area contributed by atoms with Gasteiger partial charge in [-0.1, -0.05) is 6.07 Å². The molecule has 6 heteroatoms. The van der Waals surface area contributed by atoms with Gasteiger partial charge < -0.3 is 5.32 Å². The molecule has 1 N–H and O–H groups in total. The Morgan fingerprint density at radius 2 is 2.29 bits per heavy atom. The molecule has 1 aliphatic carbocycles. The third-order valence-corrected chi connectivity index (χ3v) is 4.12. The molecule has 0 bridgehead atoms. The highest BCUT2D eigenvalue weighted by molar-refractivity contribution is 7.09. The second kappa shape index (κ2) is 6.30. The van der Waals surface area contributed by atoms with Crippen LogP contribution in [0.2, 0.25) is 0 Å². The minimum absolute atomic E-state index is 0.0226. The molecule has 0 atom stereocenters. The first-order valence-corrected chi connectivity index (χ1v) is 7.99. The normalized spacial score (nSPS) is 14.1. The zero-order valence-corrected chi connectivity index (χ0v) is 12.8. The zero-order chi connectivity index (χ0) is 14.7. The Morgan fingerprint density at radius 1 is 1.43 bits per heavy atom. The highest BCUT2D eigenvalue weighted by Crippen LogP contribution is 2.32. The molecule has 1 fully saturated rings. The van der Waals surface area contributed by atoms with Crippen molar-refractivity contribution in [2.45, 2.75) is 39.0 Å². The van der Waals surface area contributed by atoms with Gasteiger partial charge in [-0.3, -0.25) is 9.78 Å². The van der Waals surface area contributed by atoms with Crippen LogP contribution in [0, 0.1) is 12.8 Å². The summed E-state index contributed by atoms with van der Waals surface area (Å²) in [6.07, 6.45) is 8.25. The number of rotatable bonds is 6. The van der Waals surface area contributed by atoms with Crippen molar-refractivity contribution in [3.05, 3.63) is 35.4 Å². The van der Waals surface area contributed by atoms with E-state index in [9.17, 15) is 4.79 Å². The van der Waals surface area contributed by atoms with Gasteiger partial charge in [-0.25, -0.2) is 4.98 Å². The summed E-state index contributed by atoms with van der Waals surface area (Å²) in [6.45, 7) is 2.00. The average molecular weight is 302 g/mol. The van der Waals surface area contributed by atoms with E-state index in [1.165, 1.54) is 24.4 Å². The van der Waals surface area contributed by atoms with E-state index in [2.05, 4.69) is 25.7 Å². The summed E-state index contributed by atoms with van der Waals surface area (Å²) in [6, 6.07) is 2.05. The monoisotopic (exact) mass is 302 g/mol. The quantitative estimate of drug-likeness (QED) is 0.891. The lowest BCUT2D eigenvalue weighted by Gasteiger charge is -2.02. The number of nitrogens with one attached hydrogen (secondary N) is 1. The number of carbonyl (C=O) groups is 1. The smallest absolute Gasteiger partial charge is 0.226 e. The molecule has 2 heterocycles. The highest BCUT2D eigenvalue weighted by Gasteiger charge is 2.23. The Labute approximate surface area is 128 Å². The summed E-state index contributed by atoms with van der Waals surface area (Å²) in [5.41, 5.74) is 2.19. The van der Waals surface area contributed by atoms with Gasteiger partial charge >= 0.3 is 0 Å². The van der Waals surface area contributed by atoms with Crippen LogP contribution in [0.1, 0.15) is 36.2 Å². The molecule has 0 saturated heterocycles. The maximum absolute atomic E-state index is 11.9. The summed E-state index contributed by atoms with van der Waals surface area (Å²) in [5.74, 6) is 1.60. The molecule has 1 aliphatic rings. The molecule has 5 nitrogen and oxygen atoms in total. The predicted molar refractivity (Wildman–Crippen MR) is 82.3 cm³/mol. The minimum Gasteiger partial charge on any atom is -0.301 e. The second-order valence-corrected chi connectivity index (χ2v) is 6.33. The van der Waals surface area contributed by atoms with Gasteiger partial charge in [0.05, 0.1) is 0 Å². The van der Waals surface area contributed by atoms with Gasteiger partial charge in [0, 0.05) is 36.8 Å². The molecule has 1 saturated carbocycles. The van der Waals surface area contributed by atoms with Crippen molar-refractivity contribution in [2.24, 2.45) is 5.92 Å². The molecule has 21 heavy (non-hydrogen) atoms. The number of carbonyl (C=O) groups excluding carboxylic acids is 1. The first kappa shape index (κ1) is 14.1. The summed E-state index contributed by atoms with van der Waals surface area (Å²) in [5, 5.41) is 3.44. The zero-order valence-electron chi connectivity index (χ0n) is 12.0. The lowest BCUT2D eigenvalue weighted by atomic mass is 10.1. The van der Waals surface area contributed by atoms with E-state index in [0.717, 1.165) is 29.3 Å². The molecule has 0 radical (unpaired) electrons. The third-order valence-electron chi connectivity index (χ3n) is 3.45. The van der Waals surface area contributed by atoms with Gasteiger partial charge in [0.25, 0.3) is 0 Å². The Kier molecular flexibility index (Phi) is 4.24. The SMILES string of the molecule is Cc1cncc(CCC(=O)Nc2nc(CC3CC3)ns2)c1. The lowest BCUT2D eigenvalue weighted by molar-refractivity contribution is -0.116. The maximum atomic E-state index is 11.9. The number of hydrogen-bond acceptors (Lipinski definition) is 5. The summed E-state index contributed by atoms with van der Waals surface area (Å²) >= 11 is 1.27. The van der Waals surface area contributed by atoms with Crippen LogP contribution in [0.4, 0.5) is 5.13 Å². The molecule has 2 aromatic heterocycles. The summed E-state index contributed by atoms with van der Waals surface area (Å²) in [4.78, 5) is 20.4. The molecule has 0 aromatic carbocycles. The Hall–Kier alpha value is -1.82. The van der Waals surface area contributed by atoms with Gasteiger partial charge in [0.2, 0.25) is 11.0 Å². The minimum atomic E-state index is -0.0226. The largest absolute Gasteiger partial charge is 0.301 e. The number of pyridine rings is 1. The second-order valence-electron chi connectivity index (χ2n) is 5.58. The Morgan fingerprint density at radius 3 is 3.05 bits per heavy atom. The van der Waals surface area contributed by atoms with Crippen molar-refractivity contribution in [3.8, 4) is 0 Å². The van der Waals surface area contributed by atoms with Crippen molar-refractivity contribution in [2.75, 3.05) is 5.32 Å².